The number of benzene rings is 1. The molecule has 0 aliphatic heterocycles. The van der Waals surface area contributed by atoms with Crippen LogP contribution < -0.4 is 0 Å². The molecule has 0 saturated carbocycles. The van der Waals surface area contributed by atoms with Gasteiger partial charge < -0.3 is 0 Å². The highest BCUT2D eigenvalue weighted by Gasteiger charge is 2.15. The number of aryl methyl sites for hydroxylation is 1. The molecule has 0 radical (unpaired) electrons. The summed E-state index contributed by atoms with van der Waals surface area (Å²) in [6.07, 6.45) is 3.32. The maximum Gasteiger partial charge on any atom is 0.231 e. The van der Waals surface area contributed by atoms with E-state index >= 15 is 0 Å². The van der Waals surface area contributed by atoms with Gasteiger partial charge in [-0.05, 0) is 35.4 Å². The molecule has 0 spiro atoms. The van der Waals surface area contributed by atoms with Gasteiger partial charge in [-0.2, -0.15) is 0 Å². The third-order valence-electron chi connectivity index (χ3n) is 2.71. The number of carbonyl (C=O) groups is 1. The molecule has 0 bridgehead atoms. The van der Waals surface area contributed by atoms with Crippen molar-refractivity contribution in [3.63, 3.8) is 0 Å². The molecule has 2 aromatic heterocycles. The average molecular weight is 254 g/mol. The molecule has 4 heteroatoms. The van der Waals surface area contributed by atoms with Gasteiger partial charge in [0.05, 0.1) is 0 Å². The standard InChI is InChI=1S/C14H10N2OS/c1-9-7-15-14(16-8-9)12(17)11-4-2-3-10-5-6-18-13(10)11/h2-8H,1H3. The summed E-state index contributed by atoms with van der Waals surface area (Å²) in [5.41, 5.74) is 1.62. The molecule has 0 fully saturated rings. The number of hydrogen-bond donors (Lipinski definition) is 0. The van der Waals surface area contributed by atoms with Crippen molar-refractivity contribution in [2.75, 3.05) is 0 Å². The summed E-state index contributed by atoms with van der Waals surface area (Å²) in [7, 11) is 0. The van der Waals surface area contributed by atoms with Gasteiger partial charge in [-0.15, -0.1) is 11.3 Å². The Morgan fingerprint density at radius 1 is 1.17 bits per heavy atom. The third kappa shape index (κ3) is 1.80. The van der Waals surface area contributed by atoms with E-state index in [2.05, 4.69) is 9.97 Å². The molecule has 2 heterocycles. The van der Waals surface area contributed by atoms with E-state index in [0.717, 1.165) is 15.6 Å². The first-order chi connectivity index (χ1) is 8.75. The highest BCUT2D eigenvalue weighted by molar-refractivity contribution is 7.17. The molecule has 3 rings (SSSR count). The number of aromatic nitrogens is 2. The molecule has 18 heavy (non-hydrogen) atoms. The zero-order chi connectivity index (χ0) is 12.5. The van der Waals surface area contributed by atoms with E-state index in [4.69, 9.17) is 0 Å². The van der Waals surface area contributed by atoms with Crippen LogP contribution in [0.4, 0.5) is 0 Å². The molecule has 0 unspecified atom stereocenters. The molecular weight excluding hydrogens is 244 g/mol. The van der Waals surface area contributed by atoms with Crippen molar-refractivity contribution >= 4 is 27.2 Å². The normalized spacial score (nSPS) is 10.7. The van der Waals surface area contributed by atoms with Crippen LogP contribution in [0.1, 0.15) is 21.7 Å². The quantitative estimate of drug-likeness (QED) is 0.659. The number of hydrogen-bond acceptors (Lipinski definition) is 4. The van der Waals surface area contributed by atoms with E-state index in [1.807, 2.05) is 36.6 Å². The van der Waals surface area contributed by atoms with Gasteiger partial charge in [0.1, 0.15) is 0 Å². The van der Waals surface area contributed by atoms with Crippen LogP contribution in [0.3, 0.4) is 0 Å². The molecule has 3 aromatic rings. The Balaban J connectivity index is 2.12. The fraction of sp³-hybridized carbons (Fsp3) is 0.0714. The highest BCUT2D eigenvalue weighted by atomic mass is 32.1. The summed E-state index contributed by atoms with van der Waals surface area (Å²) in [6.45, 7) is 1.90. The highest BCUT2D eigenvalue weighted by Crippen LogP contribution is 2.25. The first-order valence-electron chi connectivity index (χ1n) is 5.55. The predicted molar refractivity (Wildman–Crippen MR) is 72.0 cm³/mol. The van der Waals surface area contributed by atoms with Crippen LogP contribution >= 0.6 is 11.3 Å². The van der Waals surface area contributed by atoms with Gasteiger partial charge in [-0.25, -0.2) is 9.97 Å². The summed E-state index contributed by atoms with van der Waals surface area (Å²) >= 11 is 1.56. The van der Waals surface area contributed by atoms with Crippen molar-refractivity contribution in [1.82, 2.24) is 9.97 Å². The molecule has 0 saturated heterocycles. The Labute approximate surface area is 108 Å². The minimum absolute atomic E-state index is 0.122. The molecule has 1 aromatic carbocycles. The van der Waals surface area contributed by atoms with E-state index < -0.39 is 0 Å². The van der Waals surface area contributed by atoms with Gasteiger partial charge in [-0.1, -0.05) is 12.1 Å². The lowest BCUT2D eigenvalue weighted by Crippen LogP contribution is -2.06. The van der Waals surface area contributed by atoms with Gasteiger partial charge in [-0.3, -0.25) is 4.79 Å². The van der Waals surface area contributed by atoms with Crippen LogP contribution in [0.15, 0.2) is 42.0 Å². The van der Waals surface area contributed by atoms with Crippen LogP contribution in [0.5, 0.6) is 0 Å². The molecule has 0 atom stereocenters. The van der Waals surface area contributed by atoms with E-state index in [1.165, 1.54) is 0 Å². The lowest BCUT2D eigenvalue weighted by Gasteiger charge is -2.01. The molecule has 0 aliphatic carbocycles. The molecule has 0 amide bonds. The number of ketones is 1. The van der Waals surface area contributed by atoms with E-state index in [9.17, 15) is 4.79 Å². The van der Waals surface area contributed by atoms with Gasteiger partial charge in [0.15, 0.2) is 0 Å². The van der Waals surface area contributed by atoms with Crippen LogP contribution in [0.25, 0.3) is 10.1 Å². The van der Waals surface area contributed by atoms with Gasteiger partial charge >= 0.3 is 0 Å². The number of fused-ring (bicyclic) bond motifs is 1. The lowest BCUT2D eigenvalue weighted by molar-refractivity contribution is 0.103. The Morgan fingerprint density at radius 3 is 2.72 bits per heavy atom. The Bertz CT molecular complexity index is 716. The van der Waals surface area contributed by atoms with Crippen molar-refractivity contribution in [2.24, 2.45) is 0 Å². The fourth-order valence-corrected chi connectivity index (χ4v) is 2.71. The second kappa shape index (κ2) is 4.31. The summed E-state index contributed by atoms with van der Waals surface area (Å²) < 4.78 is 0.992. The largest absolute Gasteiger partial charge is 0.285 e. The maximum absolute atomic E-state index is 12.4. The predicted octanol–water partition coefficient (Wildman–Crippen LogP) is 3.23. The lowest BCUT2D eigenvalue weighted by atomic mass is 10.1. The number of thiophene rings is 1. The van der Waals surface area contributed by atoms with Gasteiger partial charge in [0.2, 0.25) is 11.6 Å². The Kier molecular flexibility index (Phi) is 2.64. The minimum Gasteiger partial charge on any atom is -0.285 e. The number of nitrogens with zero attached hydrogens (tertiary/aromatic N) is 2. The zero-order valence-corrected chi connectivity index (χ0v) is 10.6. The van der Waals surface area contributed by atoms with Crippen LogP contribution in [-0.2, 0) is 0 Å². The molecule has 3 nitrogen and oxygen atoms in total. The van der Waals surface area contributed by atoms with Crippen molar-refractivity contribution < 1.29 is 4.79 Å². The first-order valence-corrected chi connectivity index (χ1v) is 6.43. The topological polar surface area (TPSA) is 42.9 Å². The van der Waals surface area contributed by atoms with Crippen molar-refractivity contribution in [3.8, 4) is 0 Å². The van der Waals surface area contributed by atoms with Crippen LogP contribution in [-0.4, -0.2) is 15.8 Å². The average Bonchev–Trinajstić information content (AvgIpc) is 2.87. The van der Waals surface area contributed by atoms with Crippen LogP contribution in [0, 0.1) is 6.92 Å². The van der Waals surface area contributed by atoms with Crippen LogP contribution in [0.2, 0.25) is 0 Å². The molecule has 0 aliphatic rings. The summed E-state index contributed by atoms with van der Waals surface area (Å²) in [5, 5.41) is 3.07. The second-order valence-corrected chi connectivity index (χ2v) is 4.97. The van der Waals surface area contributed by atoms with Crippen molar-refractivity contribution in [2.45, 2.75) is 6.92 Å². The third-order valence-corrected chi connectivity index (χ3v) is 3.67. The first kappa shape index (κ1) is 11.0. The van der Waals surface area contributed by atoms with E-state index in [-0.39, 0.29) is 11.6 Å². The van der Waals surface area contributed by atoms with Gasteiger partial charge in [0.25, 0.3) is 0 Å². The van der Waals surface area contributed by atoms with E-state index in [1.54, 1.807) is 23.7 Å². The van der Waals surface area contributed by atoms with E-state index in [0.29, 0.717) is 5.56 Å². The van der Waals surface area contributed by atoms with Crippen molar-refractivity contribution in [3.05, 3.63) is 59.0 Å². The fourth-order valence-electron chi connectivity index (χ4n) is 1.80. The van der Waals surface area contributed by atoms with Crippen molar-refractivity contribution in [1.29, 1.82) is 0 Å². The molecular formula is C14H10N2OS. The SMILES string of the molecule is Cc1cnc(C(=O)c2cccc3ccsc23)nc1. The minimum atomic E-state index is -0.122. The summed E-state index contributed by atoms with van der Waals surface area (Å²) in [4.78, 5) is 20.5. The monoisotopic (exact) mass is 254 g/mol. The smallest absolute Gasteiger partial charge is 0.231 e. The second-order valence-electron chi connectivity index (χ2n) is 4.06. The number of carbonyl (C=O) groups excluding carboxylic acids is 1. The molecule has 88 valence electrons. The Hall–Kier alpha value is -2.07. The zero-order valence-electron chi connectivity index (χ0n) is 9.75. The summed E-state index contributed by atoms with van der Waals surface area (Å²) in [6, 6.07) is 7.71. The number of rotatable bonds is 2. The van der Waals surface area contributed by atoms with Gasteiger partial charge in [0, 0.05) is 22.7 Å². The Morgan fingerprint density at radius 2 is 1.94 bits per heavy atom. The molecule has 0 N–H and O–H groups in total. The maximum atomic E-state index is 12.4. The summed E-state index contributed by atoms with van der Waals surface area (Å²) in [5.74, 6) is 0.129.